The molecule has 0 spiro atoms. The number of rotatable bonds is 0. The molecule has 44 heavy (non-hydrogen) atoms. The molecule has 0 saturated heterocycles. The van der Waals surface area contributed by atoms with Crippen molar-refractivity contribution in [3.63, 3.8) is 0 Å². The van der Waals surface area contributed by atoms with Gasteiger partial charge < -0.3 is 4.98 Å². The summed E-state index contributed by atoms with van der Waals surface area (Å²) >= 11 is 0. The average Bonchev–Trinajstić information content (AvgIpc) is 3.74. The summed E-state index contributed by atoms with van der Waals surface area (Å²) in [5.74, 6) is -3.89. The van der Waals surface area contributed by atoms with Crippen molar-refractivity contribution in [2.45, 2.75) is 0 Å². The first-order valence-electron chi connectivity index (χ1n) is 13.4. The molecule has 12 heteroatoms. The second-order valence-electron chi connectivity index (χ2n) is 10.3. The molecule has 2 aliphatic heterocycles. The van der Waals surface area contributed by atoms with Crippen LogP contribution in [0.3, 0.4) is 0 Å². The number of benzene rings is 4. The number of hydrogen-bond donors (Lipinski definition) is 1. The van der Waals surface area contributed by atoms with E-state index in [1.165, 1.54) is 0 Å². The summed E-state index contributed by atoms with van der Waals surface area (Å²) in [7, 11) is 0. The third-order valence-electron chi connectivity index (χ3n) is 7.77. The fourth-order valence-electron chi connectivity index (χ4n) is 5.76. The number of hydrogen-bond acceptors (Lipinski definition) is 6. The fraction of sp³-hybridized carbons (Fsp3) is 0. The van der Waals surface area contributed by atoms with Crippen molar-refractivity contribution < 1.29 is 17.7 Å². The molecule has 0 aliphatic carbocycles. The highest BCUT2D eigenvalue weighted by atomic mass is 19.2. The molecule has 0 atom stereocenters. The molecular weight excluding hydrogens is 572 g/mol. The van der Waals surface area contributed by atoms with E-state index in [-0.39, 0.29) is 56.7 Å². The van der Waals surface area contributed by atoms with Gasteiger partial charge in [-0.2, -0.15) is 0 Å². The minimum Gasteiger partial charge on any atom is -0.324 e. The highest BCUT2D eigenvalue weighted by Gasteiger charge is 2.25. The van der Waals surface area contributed by atoms with Crippen LogP contribution in [0.2, 0.25) is 0 Å². The molecule has 0 unspecified atom stereocenters. The van der Waals surface area contributed by atoms with Crippen molar-refractivity contribution in [2.24, 2.45) is 0 Å². The van der Waals surface area contributed by atoms with Crippen LogP contribution in [0.15, 0.2) is 78.9 Å². The molecule has 0 radical (unpaired) electrons. The number of nitrogens with one attached hydrogen (secondary N) is 1. The minimum atomic E-state index is -1.65. The average molecular weight is 587 g/mol. The molecule has 4 aromatic carbocycles. The van der Waals surface area contributed by atoms with Crippen molar-refractivity contribution in [1.29, 1.82) is 0 Å². The largest absolute Gasteiger partial charge is 0.324 e. The summed E-state index contributed by atoms with van der Waals surface area (Å²) < 4.78 is 60.7. The molecule has 8 bridgehead atoms. The van der Waals surface area contributed by atoms with Crippen LogP contribution in [0, 0.1) is 17.5 Å². The fourth-order valence-corrected chi connectivity index (χ4v) is 5.76. The first-order chi connectivity index (χ1) is 21.5. The monoisotopic (exact) mass is 586 g/mol. The number of fused-ring (bicyclic) bond motifs is 20. The van der Waals surface area contributed by atoms with E-state index in [2.05, 4.69) is 34.9 Å². The predicted molar refractivity (Wildman–Crippen MR) is 156 cm³/mol. The zero-order chi connectivity index (χ0) is 29.7. The van der Waals surface area contributed by atoms with E-state index in [1.54, 1.807) is 72.8 Å². The molecule has 8 nitrogen and oxygen atoms in total. The highest BCUT2D eigenvalue weighted by Crippen LogP contribution is 2.38. The van der Waals surface area contributed by atoms with Crippen LogP contribution in [-0.4, -0.2) is 39.7 Å². The summed E-state index contributed by atoms with van der Waals surface area (Å²) in [6.45, 7) is 0. The minimum absolute atomic E-state index is 0.0131. The SMILES string of the molecule is Fc1cc2c3nc4nc(nc5c6ccccc6c(nc6nc(nc([nH]3)c2c(F)c1F)-c1ccccc1-6)n5F)-c1ccccc1-4. The Hall–Kier alpha value is -6.04. The van der Waals surface area contributed by atoms with Gasteiger partial charge in [0, 0.05) is 38.4 Å². The molecule has 1 N–H and O–H groups in total. The summed E-state index contributed by atoms with van der Waals surface area (Å²) in [6.07, 6.45) is 0. The van der Waals surface area contributed by atoms with Crippen molar-refractivity contribution >= 4 is 44.1 Å². The van der Waals surface area contributed by atoms with E-state index in [0.29, 0.717) is 37.8 Å². The van der Waals surface area contributed by atoms with Crippen LogP contribution in [0.1, 0.15) is 0 Å². The van der Waals surface area contributed by atoms with Crippen LogP contribution in [0.4, 0.5) is 17.7 Å². The van der Waals surface area contributed by atoms with Crippen LogP contribution in [-0.2, 0) is 0 Å². The smallest absolute Gasteiger partial charge is 0.195 e. The van der Waals surface area contributed by atoms with Gasteiger partial charge >= 0.3 is 0 Å². The third-order valence-corrected chi connectivity index (χ3v) is 7.77. The predicted octanol–water partition coefficient (Wildman–Crippen LogP) is 7.49. The molecule has 2 aliphatic rings. The molecule has 5 heterocycles. The highest BCUT2D eigenvalue weighted by molar-refractivity contribution is 6.06. The number of aromatic nitrogens is 8. The van der Waals surface area contributed by atoms with E-state index in [4.69, 9.17) is 0 Å². The maximum atomic E-state index is 16.2. The number of H-pyrrole nitrogens is 1. The first kappa shape index (κ1) is 24.5. The summed E-state index contributed by atoms with van der Waals surface area (Å²) in [5.41, 5.74) is 1.97. The van der Waals surface area contributed by atoms with E-state index in [9.17, 15) is 8.78 Å². The van der Waals surface area contributed by atoms with Crippen LogP contribution < -0.4 is 0 Å². The number of aromatic amines is 1. The maximum Gasteiger partial charge on any atom is 0.195 e. The molecule has 0 amide bonds. The van der Waals surface area contributed by atoms with Gasteiger partial charge in [-0.15, -0.1) is 4.79 Å². The van der Waals surface area contributed by atoms with Gasteiger partial charge in [-0.05, 0) is 6.07 Å². The van der Waals surface area contributed by atoms with Crippen molar-refractivity contribution in [1.82, 2.24) is 39.7 Å². The van der Waals surface area contributed by atoms with E-state index < -0.39 is 17.5 Å². The van der Waals surface area contributed by atoms with Crippen LogP contribution in [0.5, 0.6) is 0 Å². The second-order valence-corrected chi connectivity index (χ2v) is 10.3. The molecule has 210 valence electrons. The zero-order valence-electron chi connectivity index (χ0n) is 22.1. The van der Waals surface area contributed by atoms with Crippen LogP contribution in [0.25, 0.3) is 89.7 Å². The van der Waals surface area contributed by atoms with Gasteiger partial charge in [0.05, 0.1) is 5.39 Å². The standard InChI is InChI=1S/C32H14F4N8/c33-21-13-20-22(24(35)23(21)34)30-40-26-15-8-2-4-10-17(15)28(38-26)43-32-19-12-6-5-11-18(19)31(44(32)36)42-27-16-9-3-1-7-14(16)25(37-27)39-29(20)41-30/h1-13H,(H,37,38,39,40,41,42,43). The maximum absolute atomic E-state index is 16.2. The van der Waals surface area contributed by atoms with Crippen molar-refractivity contribution in [3.05, 3.63) is 96.3 Å². The second kappa shape index (κ2) is 8.74. The Kier molecular flexibility index (Phi) is 4.87. The number of halogens is 4. The van der Waals surface area contributed by atoms with Gasteiger partial charge in [0.15, 0.2) is 52.0 Å². The van der Waals surface area contributed by atoms with Gasteiger partial charge in [0.2, 0.25) is 0 Å². The van der Waals surface area contributed by atoms with E-state index in [1.807, 2.05) is 0 Å². The lowest BCUT2D eigenvalue weighted by molar-refractivity contribution is 0.399. The van der Waals surface area contributed by atoms with Gasteiger partial charge in [-0.25, -0.2) is 43.1 Å². The molecule has 0 saturated carbocycles. The number of nitrogens with zero attached hydrogens (tertiary/aromatic N) is 7. The molecule has 9 rings (SSSR count). The Balaban J connectivity index is 1.55. The molecule has 7 aromatic rings. The molecule has 3 aromatic heterocycles. The van der Waals surface area contributed by atoms with Crippen LogP contribution >= 0.6 is 0 Å². The Morgan fingerprint density at radius 1 is 0.500 bits per heavy atom. The topological polar surface area (TPSA) is 98.1 Å². The van der Waals surface area contributed by atoms with Crippen molar-refractivity contribution in [2.75, 3.05) is 0 Å². The summed E-state index contributed by atoms with van der Waals surface area (Å²) in [6, 6.07) is 21.9. The lowest BCUT2D eigenvalue weighted by atomic mass is 10.1. The van der Waals surface area contributed by atoms with Gasteiger partial charge in [0.25, 0.3) is 0 Å². The normalized spacial score (nSPS) is 12.1. The summed E-state index contributed by atoms with van der Waals surface area (Å²) in [5, 5.41) is 0.621. The lowest BCUT2D eigenvalue weighted by Crippen LogP contribution is -1.91. The van der Waals surface area contributed by atoms with Gasteiger partial charge in [-0.1, -0.05) is 77.3 Å². The van der Waals surface area contributed by atoms with Crippen molar-refractivity contribution in [3.8, 4) is 45.6 Å². The Labute approximate surface area is 243 Å². The quantitative estimate of drug-likeness (QED) is 0.146. The lowest BCUT2D eigenvalue weighted by Gasteiger charge is -1.98. The molecule has 0 fully saturated rings. The Morgan fingerprint density at radius 2 is 0.955 bits per heavy atom. The van der Waals surface area contributed by atoms with Gasteiger partial charge in [-0.3, -0.25) is 0 Å². The zero-order valence-corrected chi connectivity index (χ0v) is 22.1. The summed E-state index contributed by atoms with van der Waals surface area (Å²) in [4.78, 5) is 30.9. The first-order valence-corrected chi connectivity index (χ1v) is 13.4. The Morgan fingerprint density at radius 3 is 1.48 bits per heavy atom. The Bertz CT molecular complexity index is 2570. The molecular formula is C32H14F4N8. The van der Waals surface area contributed by atoms with E-state index in [0.717, 1.165) is 6.07 Å². The van der Waals surface area contributed by atoms with E-state index >= 15 is 8.87 Å². The third kappa shape index (κ3) is 3.33. The van der Waals surface area contributed by atoms with Gasteiger partial charge in [0.1, 0.15) is 11.3 Å².